The highest BCUT2D eigenvalue weighted by atomic mass is 33.1. The van der Waals surface area contributed by atoms with Gasteiger partial charge in [0.15, 0.2) is 0 Å². The third-order valence-electron chi connectivity index (χ3n) is 6.81. The van der Waals surface area contributed by atoms with Gasteiger partial charge in [-0.3, -0.25) is 4.79 Å². The Morgan fingerprint density at radius 3 is 2.82 bits per heavy atom. The van der Waals surface area contributed by atoms with Crippen molar-refractivity contribution in [3.05, 3.63) is 87.8 Å². The van der Waals surface area contributed by atoms with Crippen molar-refractivity contribution in [3.63, 3.8) is 0 Å². The molecule has 1 atom stereocenters. The van der Waals surface area contributed by atoms with Crippen molar-refractivity contribution in [1.82, 2.24) is 14.5 Å². The summed E-state index contributed by atoms with van der Waals surface area (Å²) in [4.78, 5) is 48.5. The van der Waals surface area contributed by atoms with Crippen LogP contribution in [0, 0.1) is 0 Å². The van der Waals surface area contributed by atoms with Gasteiger partial charge in [-0.2, -0.15) is 0 Å². The summed E-state index contributed by atoms with van der Waals surface area (Å²) in [6.45, 7) is 1.94. The topological polar surface area (TPSA) is 110 Å². The lowest BCUT2D eigenvalue weighted by atomic mass is 9.85. The zero-order valence-electron chi connectivity index (χ0n) is 20.9. The molecule has 0 radical (unpaired) electrons. The van der Waals surface area contributed by atoms with Gasteiger partial charge in [0.1, 0.15) is 18.2 Å². The quantitative estimate of drug-likeness (QED) is 0.152. The molecular weight excluding hydrogens is 538 g/mol. The number of pyridine rings is 3. The summed E-state index contributed by atoms with van der Waals surface area (Å²) < 4.78 is 18.0. The second-order valence-electron chi connectivity index (χ2n) is 9.03. The number of esters is 1. The summed E-state index contributed by atoms with van der Waals surface area (Å²) in [5.41, 5.74) is 1.46. The van der Waals surface area contributed by atoms with Crippen LogP contribution in [0.5, 0.6) is 0 Å². The smallest absolute Gasteiger partial charge is 0.457 e. The van der Waals surface area contributed by atoms with E-state index in [1.807, 2.05) is 48.5 Å². The molecule has 0 saturated carbocycles. The van der Waals surface area contributed by atoms with Gasteiger partial charge in [0, 0.05) is 28.5 Å². The van der Waals surface area contributed by atoms with Crippen molar-refractivity contribution in [2.45, 2.75) is 37.1 Å². The molecule has 0 fully saturated rings. The molecule has 3 aromatic heterocycles. The SMILES string of the molecule is CCC1(OC(=O)OCCSSc2ccccn2)C(=O)OCc2c1cc1n(c2=O)Cc2cc3ccccc3nc2-1. The summed E-state index contributed by atoms with van der Waals surface area (Å²) in [5.74, 6) is -0.245. The van der Waals surface area contributed by atoms with Gasteiger partial charge in [0.25, 0.3) is 5.56 Å². The van der Waals surface area contributed by atoms with E-state index in [0.717, 1.165) is 21.5 Å². The normalized spacial score (nSPS) is 17.2. The average molecular weight is 562 g/mol. The van der Waals surface area contributed by atoms with Crippen molar-refractivity contribution >= 4 is 44.6 Å². The monoisotopic (exact) mass is 561 g/mol. The first-order chi connectivity index (χ1) is 19.0. The van der Waals surface area contributed by atoms with E-state index >= 15 is 0 Å². The Kier molecular flexibility index (Phi) is 6.78. The maximum Gasteiger partial charge on any atom is 0.509 e. The molecule has 0 aliphatic carbocycles. The molecule has 0 saturated heterocycles. The number of benzene rings is 1. The number of aromatic nitrogens is 3. The summed E-state index contributed by atoms with van der Waals surface area (Å²) in [6, 6.07) is 17.1. The standard InChI is InChI=1S/C28H23N3O6S2/c1-2-28(37-27(34)35-11-12-38-39-23-9-5-6-10-29-23)20-14-22-24-18(13-17-7-3-4-8-21(17)30-24)15-31(22)25(32)19(20)16-36-26(28)33/h3-10,13-14H,2,11-12,15-16H2,1H3. The van der Waals surface area contributed by atoms with E-state index in [9.17, 15) is 14.4 Å². The molecule has 39 heavy (non-hydrogen) atoms. The first-order valence-corrected chi connectivity index (χ1v) is 14.7. The minimum atomic E-state index is -1.80. The highest BCUT2D eigenvalue weighted by Gasteiger charge is 2.51. The minimum Gasteiger partial charge on any atom is -0.457 e. The lowest BCUT2D eigenvalue weighted by Crippen LogP contribution is -2.47. The second-order valence-corrected chi connectivity index (χ2v) is 11.5. The van der Waals surface area contributed by atoms with Crippen molar-refractivity contribution in [2.75, 3.05) is 12.4 Å². The number of hydrogen-bond donors (Lipinski definition) is 0. The van der Waals surface area contributed by atoms with E-state index in [-0.39, 0.29) is 30.8 Å². The molecule has 198 valence electrons. The number of para-hydroxylation sites is 1. The number of fused-ring (bicyclic) bond motifs is 5. The van der Waals surface area contributed by atoms with Crippen LogP contribution < -0.4 is 5.56 Å². The van der Waals surface area contributed by atoms with Crippen molar-refractivity contribution in [2.24, 2.45) is 0 Å². The van der Waals surface area contributed by atoms with Gasteiger partial charge in [-0.15, -0.1) is 0 Å². The number of nitrogens with zero attached hydrogens (tertiary/aromatic N) is 3. The Bertz CT molecular complexity index is 1660. The lowest BCUT2D eigenvalue weighted by molar-refractivity contribution is -0.175. The maximum atomic E-state index is 13.6. The summed E-state index contributed by atoms with van der Waals surface area (Å²) in [7, 11) is 2.94. The third kappa shape index (κ3) is 4.55. The first-order valence-electron chi connectivity index (χ1n) is 12.4. The number of carbonyl (C=O) groups excluding carboxylic acids is 2. The van der Waals surface area contributed by atoms with E-state index in [1.54, 1.807) is 23.8 Å². The molecule has 0 amide bonds. The van der Waals surface area contributed by atoms with Crippen molar-refractivity contribution < 1.29 is 23.8 Å². The molecule has 5 heterocycles. The van der Waals surface area contributed by atoms with Gasteiger partial charge in [-0.05, 0) is 47.5 Å². The van der Waals surface area contributed by atoms with E-state index in [0.29, 0.717) is 29.2 Å². The zero-order chi connectivity index (χ0) is 27.0. The van der Waals surface area contributed by atoms with Crippen LogP contribution in [0.15, 0.2) is 70.6 Å². The largest absolute Gasteiger partial charge is 0.509 e. The summed E-state index contributed by atoms with van der Waals surface area (Å²) >= 11 is 0. The molecule has 1 unspecified atom stereocenters. The maximum absolute atomic E-state index is 13.6. The number of hydrogen-bond acceptors (Lipinski definition) is 10. The van der Waals surface area contributed by atoms with Gasteiger partial charge in [0.2, 0.25) is 5.60 Å². The molecule has 0 N–H and O–H groups in total. The Morgan fingerprint density at radius 2 is 2.00 bits per heavy atom. The van der Waals surface area contributed by atoms with Crippen LogP contribution in [0.3, 0.4) is 0 Å². The van der Waals surface area contributed by atoms with Crippen LogP contribution in [0.25, 0.3) is 22.3 Å². The predicted molar refractivity (Wildman–Crippen MR) is 147 cm³/mol. The third-order valence-corrected chi connectivity index (χ3v) is 9.04. The van der Waals surface area contributed by atoms with Crippen molar-refractivity contribution in [3.8, 4) is 11.4 Å². The van der Waals surface area contributed by atoms with Crippen LogP contribution in [0.4, 0.5) is 4.79 Å². The molecule has 11 heteroatoms. The van der Waals surface area contributed by atoms with Gasteiger partial charge < -0.3 is 18.8 Å². The van der Waals surface area contributed by atoms with Gasteiger partial charge in [0.05, 0.1) is 29.0 Å². The summed E-state index contributed by atoms with van der Waals surface area (Å²) in [6.07, 6.45) is 0.773. The molecular formula is C28H23N3O6S2. The van der Waals surface area contributed by atoms with E-state index in [1.165, 1.54) is 21.6 Å². The molecule has 4 aromatic rings. The summed E-state index contributed by atoms with van der Waals surface area (Å²) in [5, 5.41) is 1.82. The van der Waals surface area contributed by atoms with Crippen LogP contribution in [-0.4, -0.2) is 39.0 Å². The number of rotatable bonds is 7. The Labute approximate surface area is 231 Å². The fourth-order valence-electron chi connectivity index (χ4n) is 4.91. The average Bonchev–Trinajstić information content (AvgIpc) is 3.31. The van der Waals surface area contributed by atoms with Gasteiger partial charge in [-0.1, -0.05) is 42.0 Å². The first kappa shape index (κ1) is 25.4. The molecule has 1 aromatic carbocycles. The highest BCUT2D eigenvalue weighted by molar-refractivity contribution is 8.76. The van der Waals surface area contributed by atoms with Crippen LogP contribution in [-0.2, 0) is 37.8 Å². The lowest BCUT2D eigenvalue weighted by Gasteiger charge is -2.35. The Morgan fingerprint density at radius 1 is 1.15 bits per heavy atom. The van der Waals surface area contributed by atoms with Crippen LogP contribution >= 0.6 is 21.6 Å². The minimum absolute atomic E-state index is 0.0686. The van der Waals surface area contributed by atoms with Crippen LogP contribution in [0.1, 0.15) is 30.0 Å². The van der Waals surface area contributed by atoms with Gasteiger partial charge >= 0.3 is 12.1 Å². The molecule has 6 rings (SSSR count). The second kappa shape index (κ2) is 10.4. The molecule has 0 bridgehead atoms. The number of cyclic esters (lactones) is 1. The van der Waals surface area contributed by atoms with E-state index in [2.05, 4.69) is 4.98 Å². The van der Waals surface area contributed by atoms with Crippen LogP contribution in [0.2, 0.25) is 0 Å². The number of ether oxygens (including phenoxy) is 3. The molecule has 2 aliphatic rings. The molecule has 2 aliphatic heterocycles. The fraction of sp³-hybridized carbons (Fsp3) is 0.250. The number of carbonyl (C=O) groups is 2. The zero-order valence-corrected chi connectivity index (χ0v) is 22.5. The van der Waals surface area contributed by atoms with E-state index < -0.39 is 17.7 Å². The Hall–Kier alpha value is -3.83. The fourth-order valence-corrected chi connectivity index (χ4v) is 6.62. The van der Waals surface area contributed by atoms with Crippen molar-refractivity contribution in [1.29, 1.82) is 0 Å². The van der Waals surface area contributed by atoms with Gasteiger partial charge in [-0.25, -0.2) is 19.6 Å². The van der Waals surface area contributed by atoms with E-state index in [4.69, 9.17) is 19.2 Å². The Balaban J connectivity index is 1.26. The highest BCUT2D eigenvalue weighted by Crippen LogP contribution is 2.41. The molecule has 9 nitrogen and oxygen atoms in total. The molecule has 0 spiro atoms. The predicted octanol–water partition coefficient (Wildman–Crippen LogP) is 5.08.